The summed E-state index contributed by atoms with van der Waals surface area (Å²) in [7, 11) is 5.45. The third-order valence-electron chi connectivity index (χ3n) is 2.49. The SMILES string of the molecule is CC(CCP)OC(C)NC(C)OC(C)CCP. The van der Waals surface area contributed by atoms with E-state index in [2.05, 4.69) is 37.6 Å². The summed E-state index contributed by atoms with van der Waals surface area (Å²) < 4.78 is 11.6. The van der Waals surface area contributed by atoms with Crippen molar-refractivity contribution in [2.75, 3.05) is 12.3 Å². The lowest BCUT2D eigenvalue weighted by Crippen LogP contribution is -2.41. The first kappa shape index (κ1) is 17.7. The average molecular weight is 281 g/mol. The molecule has 104 valence electrons. The van der Waals surface area contributed by atoms with Gasteiger partial charge in [0.05, 0.1) is 12.2 Å². The van der Waals surface area contributed by atoms with Crippen molar-refractivity contribution in [2.45, 2.75) is 65.2 Å². The first-order valence-electron chi connectivity index (χ1n) is 6.46. The van der Waals surface area contributed by atoms with Crippen LogP contribution in [0.15, 0.2) is 0 Å². The third kappa shape index (κ3) is 10.4. The monoisotopic (exact) mass is 281 g/mol. The number of hydrogen-bond acceptors (Lipinski definition) is 3. The van der Waals surface area contributed by atoms with Crippen LogP contribution in [0.1, 0.15) is 40.5 Å². The van der Waals surface area contributed by atoms with Crippen LogP contribution in [0.5, 0.6) is 0 Å². The van der Waals surface area contributed by atoms with Gasteiger partial charge in [0.1, 0.15) is 12.5 Å². The highest BCUT2D eigenvalue weighted by molar-refractivity contribution is 7.16. The largest absolute Gasteiger partial charge is 0.361 e. The van der Waals surface area contributed by atoms with Crippen LogP contribution in [0.25, 0.3) is 0 Å². The third-order valence-corrected chi connectivity index (χ3v) is 3.16. The van der Waals surface area contributed by atoms with Gasteiger partial charge in [-0.2, -0.15) is 0 Å². The van der Waals surface area contributed by atoms with Gasteiger partial charge >= 0.3 is 0 Å². The van der Waals surface area contributed by atoms with Gasteiger partial charge in [0, 0.05) is 0 Å². The summed E-state index contributed by atoms with van der Waals surface area (Å²) in [5.41, 5.74) is 0. The summed E-state index contributed by atoms with van der Waals surface area (Å²) in [6.07, 6.45) is 4.90. The Labute approximate surface area is 111 Å². The lowest BCUT2D eigenvalue weighted by Gasteiger charge is -2.25. The zero-order valence-electron chi connectivity index (χ0n) is 11.6. The summed E-state index contributed by atoms with van der Waals surface area (Å²) in [5.74, 6) is 0. The van der Waals surface area contributed by atoms with Gasteiger partial charge in [-0.05, 0) is 52.9 Å². The molecule has 0 saturated carbocycles. The molecule has 1 N–H and O–H groups in total. The van der Waals surface area contributed by atoms with Crippen molar-refractivity contribution in [3.63, 3.8) is 0 Å². The first-order chi connectivity index (χ1) is 7.99. The predicted octanol–water partition coefficient (Wildman–Crippen LogP) is 2.61. The van der Waals surface area contributed by atoms with Crippen molar-refractivity contribution < 1.29 is 9.47 Å². The molecule has 5 heteroatoms. The van der Waals surface area contributed by atoms with Gasteiger partial charge in [0.25, 0.3) is 0 Å². The van der Waals surface area contributed by atoms with Crippen molar-refractivity contribution in [3.05, 3.63) is 0 Å². The van der Waals surface area contributed by atoms with Crippen LogP contribution < -0.4 is 5.32 Å². The maximum absolute atomic E-state index is 5.79. The molecular formula is C12H29NO2P2. The number of ether oxygens (including phenoxy) is 2. The van der Waals surface area contributed by atoms with Crippen LogP contribution in [-0.2, 0) is 9.47 Å². The number of nitrogens with one attached hydrogen (secondary N) is 1. The molecule has 6 atom stereocenters. The fraction of sp³-hybridized carbons (Fsp3) is 1.00. The summed E-state index contributed by atoms with van der Waals surface area (Å²) in [4.78, 5) is 0. The van der Waals surface area contributed by atoms with Crippen molar-refractivity contribution in [1.29, 1.82) is 0 Å². The van der Waals surface area contributed by atoms with Gasteiger partial charge in [-0.15, -0.1) is 18.5 Å². The fourth-order valence-electron chi connectivity index (χ4n) is 1.71. The molecule has 17 heavy (non-hydrogen) atoms. The second-order valence-corrected chi connectivity index (χ2v) is 5.65. The maximum Gasteiger partial charge on any atom is 0.107 e. The van der Waals surface area contributed by atoms with Gasteiger partial charge in [-0.3, -0.25) is 5.32 Å². The minimum absolute atomic E-state index is 0.0275. The summed E-state index contributed by atoms with van der Waals surface area (Å²) >= 11 is 0. The number of rotatable bonds is 10. The Morgan fingerprint density at radius 2 is 1.18 bits per heavy atom. The molecule has 0 saturated heterocycles. The Bertz CT molecular complexity index is 166. The Kier molecular flexibility index (Phi) is 11.1. The van der Waals surface area contributed by atoms with E-state index in [0.29, 0.717) is 0 Å². The minimum atomic E-state index is 0.0275. The summed E-state index contributed by atoms with van der Waals surface area (Å²) in [5, 5.41) is 3.30. The average Bonchev–Trinajstić information content (AvgIpc) is 2.16. The molecule has 0 radical (unpaired) electrons. The van der Waals surface area contributed by atoms with E-state index in [9.17, 15) is 0 Å². The molecular weight excluding hydrogens is 252 g/mol. The van der Waals surface area contributed by atoms with Crippen LogP contribution >= 0.6 is 18.5 Å². The van der Waals surface area contributed by atoms with Gasteiger partial charge in [-0.25, -0.2) is 0 Å². The predicted molar refractivity (Wildman–Crippen MR) is 81.5 cm³/mol. The molecule has 0 aromatic rings. The summed E-state index contributed by atoms with van der Waals surface area (Å²) in [6, 6.07) is 0. The van der Waals surface area contributed by atoms with Gasteiger partial charge < -0.3 is 9.47 Å². The molecule has 0 aliphatic carbocycles. The highest BCUT2D eigenvalue weighted by Crippen LogP contribution is 2.06. The Balaban J connectivity index is 3.74. The molecule has 6 unspecified atom stereocenters. The second kappa shape index (κ2) is 10.6. The smallest absolute Gasteiger partial charge is 0.107 e. The van der Waals surface area contributed by atoms with E-state index >= 15 is 0 Å². The Hall–Kier alpha value is 0.740. The van der Waals surface area contributed by atoms with Gasteiger partial charge in [0.2, 0.25) is 0 Å². The molecule has 0 rings (SSSR count). The molecule has 0 bridgehead atoms. The number of hydrogen-bond donors (Lipinski definition) is 1. The van der Waals surface area contributed by atoms with Crippen molar-refractivity contribution in [3.8, 4) is 0 Å². The van der Waals surface area contributed by atoms with E-state index in [1.165, 1.54) is 0 Å². The van der Waals surface area contributed by atoms with E-state index in [0.717, 1.165) is 25.2 Å². The molecule has 3 nitrogen and oxygen atoms in total. The van der Waals surface area contributed by atoms with Crippen LogP contribution in [0.4, 0.5) is 0 Å². The normalized spacial score (nSPS) is 18.7. The van der Waals surface area contributed by atoms with Crippen LogP contribution in [0.2, 0.25) is 0 Å². The molecule has 0 heterocycles. The lowest BCUT2D eigenvalue weighted by atomic mass is 10.3. The zero-order chi connectivity index (χ0) is 13.3. The highest BCUT2D eigenvalue weighted by Gasteiger charge is 2.13. The van der Waals surface area contributed by atoms with E-state index in [1.54, 1.807) is 0 Å². The molecule has 0 aliphatic rings. The molecule has 0 aromatic carbocycles. The summed E-state index contributed by atoms with van der Waals surface area (Å²) in [6.45, 7) is 8.26. The minimum Gasteiger partial charge on any atom is -0.361 e. The van der Waals surface area contributed by atoms with Gasteiger partial charge in [-0.1, -0.05) is 0 Å². The Morgan fingerprint density at radius 3 is 1.47 bits per heavy atom. The molecule has 0 amide bonds. The van der Waals surface area contributed by atoms with Crippen molar-refractivity contribution in [2.24, 2.45) is 0 Å². The quantitative estimate of drug-likeness (QED) is 0.493. The van der Waals surface area contributed by atoms with E-state index in [1.807, 2.05) is 13.8 Å². The molecule has 0 spiro atoms. The maximum atomic E-state index is 5.79. The van der Waals surface area contributed by atoms with Crippen LogP contribution in [-0.4, -0.2) is 37.0 Å². The molecule has 0 aromatic heterocycles. The van der Waals surface area contributed by atoms with E-state index < -0.39 is 0 Å². The van der Waals surface area contributed by atoms with E-state index in [4.69, 9.17) is 9.47 Å². The van der Waals surface area contributed by atoms with Crippen molar-refractivity contribution >= 4 is 18.5 Å². The molecule has 0 fully saturated rings. The van der Waals surface area contributed by atoms with Crippen LogP contribution in [0.3, 0.4) is 0 Å². The highest BCUT2D eigenvalue weighted by atomic mass is 31.0. The lowest BCUT2D eigenvalue weighted by molar-refractivity contribution is -0.0751. The standard InChI is InChI=1S/C12H29NO2P2/c1-9(5-7-16)14-11(3)13-12(4)15-10(2)6-8-17/h9-13H,5-8,16-17H2,1-4H3. The topological polar surface area (TPSA) is 30.5 Å². The fourth-order valence-corrected chi connectivity index (χ4v) is 2.65. The van der Waals surface area contributed by atoms with Crippen molar-refractivity contribution in [1.82, 2.24) is 5.32 Å². The molecule has 0 aliphatic heterocycles. The van der Waals surface area contributed by atoms with Gasteiger partial charge in [0.15, 0.2) is 0 Å². The second-order valence-electron chi connectivity index (χ2n) is 4.50. The first-order valence-corrected chi connectivity index (χ1v) is 8.10. The Morgan fingerprint density at radius 1 is 0.824 bits per heavy atom. The van der Waals surface area contributed by atoms with Crippen LogP contribution in [0, 0.1) is 0 Å². The zero-order valence-corrected chi connectivity index (χ0v) is 13.9. The van der Waals surface area contributed by atoms with E-state index in [-0.39, 0.29) is 24.7 Å².